The molecule has 1 aliphatic rings. The summed E-state index contributed by atoms with van der Waals surface area (Å²) in [6, 6.07) is 30.5. The monoisotopic (exact) mass is 430 g/mol. The molecule has 4 rings (SSSR count). The minimum Gasteiger partial charge on any atom is -0.490 e. The van der Waals surface area contributed by atoms with Crippen LogP contribution in [0.25, 0.3) is 0 Å². The van der Waals surface area contributed by atoms with Gasteiger partial charge in [0.05, 0.1) is 32.2 Å². The molecule has 0 saturated carbocycles. The highest BCUT2D eigenvalue weighted by Gasteiger charge is 2.36. The van der Waals surface area contributed by atoms with E-state index in [-0.39, 0.29) is 18.3 Å². The Kier molecular flexibility index (Phi) is 8.10. The molecular weight excluding hydrogens is 400 g/mol. The molecular formula is C28H30O4. The highest BCUT2D eigenvalue weighted by Crippen LogP contribution is 2.25. The maximum Gasteiger partial charge on any atom is 0.150 e. The van der Waals surface area contributed by atoms with E-state index in [2.05, 4.69) is 36.4 Å². The minimum absolute atomic E-state index is 0.224. The van der Waals surface area contributed by atoms with E-state index in [0.717, 1.165) is 22.4 Å². The van der Waals surface area contributed by atoms with E-state index in [9.17, 15) is 0 Å². The van der Waals surface area contributed by atoms with Crippen molar-refractivity contribution in [3.8, 4) is 0 Å². The molecule has 3 atom stereocenters. The number of hydrogen-bond acceptors (Lipinski definition) is 4. The highest BCUT2D eigenvalue weighted by molar-refractivity contribution is 5.16. The minimum atomic E-state index is -0.279. The summed E-state index contributed by atoms with van der Waals surface area (Å²) in [5, 5.41) is 0. The molecule has 0 radical (unpaired) electrons. The Hall–Kier alpha value is -2.92. The summed E-state index contributed by atoms with van der Waals surface area (Å²) in [6.45, 7) is 3.91. The van der Waals surface area contributed by atoms with Gasteiger partial charge in [-0.2, -0.15) is 0 Å². The number of benzene rings is 3. The van der Waals surface area contributed by atoms with Crippen LogP contribution in [0.2, 0.25) is 0 Å². The smallest absolute Gasteiger partial charge is 0.150 e. The van der Waals surface area contributed by atoms with Crippen molar-refractivity contribution >= 4 is 0 Å². The second-order valence-electron chi connectivity index (χ2n) is 7.96. The van der Waals surface area contributed by atoms with E-state index in [1.165, 1.54) is 0 Å². The topological polar surface area (TPSA) is 36.9 Å². The van der Waals surface area contributed by atoms with Crippen LogP contribution in [0.4, 0.5) is 0 Å². The second-order valence-corrected chi connectivity index (χ2v) is 7.96. The Bertz CT molecular complexity index is 956. The first kappa shape index (κ1) is 22.3. The van der Waals surface area contributed by atoms with E-state index in [0.29, 0.717) is 26.4 Å². The van der Waals surface area contributed by atoms with Gasteiger partial charge in [-0.15, -0.1) is 0 Å². The summed E-state index contributed by atoms with van der Waals surface area (Å²) < 4.78 is 24.8. The fourth-order valence-corrected chi connectivity index (χ4v) is 3.76. The summed E-state index contributed by atoms with van der Waals surface area (Å²) in [5.74, 6) is 0.830. The molecule has 0 aromatic heterocycles. The van der Waals surface area contributed by atoms with Crippen LogP contribution in [-0.2, 0) is 38.8 Å². The lowest BCUT2D eigenvalue weighted by Gasteiger charge is -2.36. The molecule has 166 valence electrons. The maximum absolute atomic E-state index is 6.36. The first-order valence-electron chi connectivity index (χ1n) is 11.1. The third-order valence-electron chi connectivity index (χ3n) is 5.39. The van der Waals surface area contributed by atoms with Gasteiger partial charge in [-0.1, -0.05) is 91.0 Å². The van der Waals surface area contributed by atoms with Gasteiger partial charge in [-0.3, -0.25) is 0 Å². The largest absolute Gasteiger partial charge is 0.490 e. The number of hydrogen-bond donors (Lipinski definition) is 0. The Morgan fingerprint density at radius 3 is 1.72 bits per heavy atom. The number of rotatable bonds is 10. The van der Waals surface area contributed by atoms with Gasteiger partial charge in [0.1, 0.15) is 12.2 Å². The predicted octanol–water partition coefficient (Wildman–Crippen LogP) is 5.68. The first-order chi connectivity index (χ1) is 15.8. The van der Waals surface area contributed by atoms with Crippen LogP contribution in [0, 0.1) is 0 Å². The fourth-order valence-electron chi connectivity index (χ4n) is 3.76. The summed E-state index contributed by atoms with van der Waals surface area (Å²) in [6.07, 6.45) is 1.25. The average Bonchev–Trinajstić information content (AvgIpc) is 2.84. The lowest BCUT2D eigenvalue weighted by molar-refractivity contribution is -0.153. The summed E-state index contributed by atoms with van der Waals surface area (Å²) in [7, 11) is 0. The Balaban J connectivity index is 1.43. The molecule has 1 aliphatic heterocycles. The van der Waals surface area contributed by atoms with Crippen LogP contribution >= 0.6 is 0 Å². The summed E-state index contributed by atoms with van der Waals surface area (Å²) in [4.78, 5) is 0. The van der Waals surface area contributed by atoms with Gasteiger partial charge < -0.3 is 18.9 Å². The van der Waals surface area contributed by atoms with E-state index < -0.39 is 0 Å². The van der Waals surface area contributed by atoms with Gasteiger partial charge in [-0.05, 0) is 29.7 Å². The number of ether oxygens (including phenoxy) is 4. The molecule has 3 aromatic carbocycles. The van der Waals surface area contributed by atoms with Gasteiger partial charge in [0, 0.05) is 0 Å². The van der Waals surface area contributed by atoms with Crippen LogP contribution in [0.15, 0.2) is 103 Å². The van der Waals surface area contributed by atoms with Crippen LogP contribution in [-0.4, -0.2) is 24.9 Å². The highest BCUT2D eigenvalue weighted by atomic mass is 16.6. The standard InChI is InChI=1S/C28H30O4/c1-22-17-26(30-19-24-13-7-3-8-14-24)28(31-20-25-15-9-4-10-16-25)27(32-22)21-29-18-23-11-5-2-6-12-23/h2-17,26-28H,18-21H2,1H3/t26-,27-,28+/m1/s1. The maximum atomic E-state index is 6.36. The number of allylic oxidation sites excluding steroid dienone is 1. The van der Waals surface area contributed by atoms with E-state index in [1.807, 2.05) is 67.6 Å². The molecule has 4 heteroatoms. The zero-order valence-corrected chi connectivity index (χ0v) is 18.4. The summed E-state index contributed by atoms with van der Waals surface area (Å²) >= 11 is 0. The van der Waals surface area contributed by atoms with Crippen LogP contribution in [0.5, 0.6) is 0 Å². The SMILES string of the molecule is CC1=C[C@@H](OCc2ccccc2)[C@H](OCc2ccccc2)[C@@H](COCc2ccccc2)O1. The Morgan fingerprint density at radius 1 is 0.656 bits per heavy atom. The normalized spacial score (nSPS) is 20.4. The van der Waals surface area contributed by atoms with Crippen molar-refractivity contribution in [2.24, 2.45) is 0 Å². The van der Waals surface area contributed by atoms with Crippen LogP contribution < -0.4 is 0 Å². The van der Waals surface area contributed by atoms with Gasteiger partial charge >= 0.3 is 0 Å². The van der Waals surface area contributed by atoms with Crippen molar-refractivity contribution in [3.63, 3.8) is 0 Å². The molecule has 0 saturated heterocycles. The van der Waals surface area contributed by atoms with Gasteiger partial charge in [0.25, 0.3) is 0 Å². The molecule has 1 heterocycles. The van der Waals surface area contributed by atoms with E-state index in [1.54, 1.807) is 0 Å². The molecule has 3 aromatic rings. The van der Waals surface area contributed by atoms with Crippen molar-refractivity contribution in [2.45, 2.75) is 45.1 Å². The second kappa shape index (κ2) is 11.6. The Labute approximate surface area is 190 Å². The quantitative estimate of drug-likeness (QED) is 0.415. The van der Waals surface area contributed by atoms with Crippen LogP contribution in [0.1, 0.15) is 23.6 Å². The van der Waals surface area contributed by atoms with Gasteiger partial charge in [0.15, 0.2) is 6.10 Å². The van der Waals surface area contributed by atoms with E-state index >= 15 is 0 Å². The van der Waals surface area contributed by atoms with Gasteiger partial charge in [-0.25, -0.2) is 0 Å². The molecule has 32 heavy (non-hydrogen) atoms. The molecule has 0 fully saturated rings. The summed E-state index contributed by atoms with van der Waals surface area (Å²) in [5.41, 5.74) is 3.38. The van der Waals surface area contributed by atoms with Crippen molar-refractivity contribution in [2.75, 3.05) is 6.61 Å². The lowest BCUT2D eigenvalue weighted by atomic mass is 10.0. The zero-order valence-electron chi connectivity index (χ0n) is 18.4. The molecule has 4 nitrogen and oxygen atoms in total. The van der Waals surface area contributed by atoms with Crippen molar-refractivity contribution < 1.29 is 18.9 Å². The first-order valence-corrected chi connectivity index (χ1v) is 11.1. The molecule has 0 aliphatic carbocycles. The van der Waals surface area contributed by atoms with Crippen LogP contribution in [0.3, 0.4) is 0 Å². The molecule has 0 N–H and O–H groups in total. The van der Waals surface area contributed by atoms with Crippen molar-refractivity contribution in [1.29, 1.82) is 0 Å². The fraction of sp³-hybridized carbons (Fsp3) is 0.286. The van der Waals surface area contributed by atoms with Crippen molar-refractivity contribution in [1.82, 2.24) is 0 Å². The molecule has 0 amide bonds. The Morgan fingerprint density at radius 2 is 1.16 bits per heavy atom. The molecule has 0 spiro atoms. The average molecular weight is 431 g/mol. The molecule has 0 unspecified atom stereocenters. The van der Waals surface area contributed by atoms with Crippen molar-refractivity contribution in [3.05, 3.63) is 120 Å². The predicted molar refractivity (Wildman–Crippen MR) is 125 cm³/mol. The lowest BCUT2D eigenvalue weighted by Crippen LogP contribution is -2.46. The molecule has 0 bridgehead atoms. The third-order valence-corrected chi connectivity index (χ3v) is 5.39. The zero-order chi connectivity index (χ0) is 22.0. The van der Waals surface area contributed by atoms with Gasteiger partial charge in [0.2, 0.25) is 0 Å². The third kappa shape index (κ3) is 6.54. The van der Waals surface area contributed by atoms with E-state index in [4.69, 9.17) is 18.9 Å².